The predicted octanol–water partition coefficient (Wildman–Crippen LogP) is 3.68. The number of pyridine rings is 1. The first kappa shape index (κ1) is 19.0. The Hall–Kier alpha value is -2.73. The molecule has 1 unspecified atom stereocenters. The van der Waals surface area contributed by atoms with Crippen LogP contribution < -0.4 is 10.3 Å². The zero-order chi connectivity index (χ0) is 19.6. The van der Waals surface area contributed by atoms with Crippen LogP contribution in [0.3, 0.4) is 0 Å². The number of aryl methyl sites for hydroxylation is 2. The topological polar surface area (TPSA) is 66.2 Å². The van der Waals surface area contributed by atoms with E-state index in [1.54, 1.807) is 31.9 Å². The second-order valence-corrected chi connectivity index (χ2v) is 6.60. The Kier molecular flexibility index (Phi) is 5.56. The number of ether oxygens (including phenoxy) is 2. The van der Waals surface area contributed by atoms with Crippen molar-refractivity contribution in [3.8, 4) is 16.9 Å². The first-order chi connectivity index (χ1) is 13.0. The van der Waals surface area contributed by atoms with Crippen LogP contribution in [0.25, 0.3) is 22.3 Å². The van der Waals surface area contributed by atoms with Crippen molar-refractivity contribution in [3.63, 3.8) is 0 Å². The lowest BCUT2D eigenvalue weighted by Crippen LogP contribution is -2.30. The van der Waals surface area contributed by atoms with Gasteiger partial charge in [0.25, 0.3) is 5.56 Å². The van der Waals surface area contributed by atoms with Crippen LogP contribution in [0, 0.1) is 13.8 Å². The third kappa shape index (κ3) is 3.45. The molecule has 0 amide bonds. The summed E-state index contributed by atoms with van der Waals surface area (Å²) in [4.78, 5) is 22.0. The van der Waals surface area contributed by atoms with E-state index < -0.39 is 0 Å². The molecular formula is C21H25N3O3. The van der Waals surface area contributed by atoms with Crippen molar-refractivity contribution >= 4 is 11.2 Å². The highest BCUT2D eigenvalue weighted by Gasteiger charge is 2.19. The molecule has 0 radical (unpaired) electrons. The Morgan fingerprint density at radius 2 is 1.93 bits per heavy atom. The number of hydrogen-bond acceptors (Lipinski definition) is 5. The zero-order valence-electron chi connectivity index (χ0n) is 16.4. The summed E-state index contributed by atoms with van der Waals surface area (Å²) in [5, 5.41) is 0. The monoisotopic (exact) mass is 367 g/mol. The molecule has 0 saturated carbocycles. The van der Waals surface area contributed by atoms with Crippen molar-refractivity contribution in [3.05, 3.63) is 52.1 Å². The lowest BCUT2D eigenvalue weighted by atomic mass is 10.00. The molecule has 0 saturated heterocycles. The average Bonchev–Trinajstić information content (AvgIpc) is 2.67. The Morgan fingerprint density at radius 1 is 1.15 bits per heavy atom. The minimum absolute atomic E-state index is 0.0913. The summed E-state index contributed by atoms with van der Waals surface area (Å²) in [5.74, 6) is 0.807. The van der Waals surface area contributed by atoms with Crippen LogP contribution in [0.15, 0.2) is 35.3 Å². The minimum atomic E-state index is -0.123. The number of fused-ring (bicyclic) bond motifs is 1. The van der Waals surface area contributed by atoms with E-state index in [1.807, 2.05) is 38.1 Å². The van der Waals surface area contributed by atoms with Gasteiger partial charge in [-0.15, -0.1) is 0 Å². The van der Waals surface area contributed by atoms with Crippen molar-refractivity contribution in [2.75, 3.05) is 20.8 Å². The largest absolute Gasteiger partial charge is 0.497 e. The van der Waals surface area contributed by atoms with Gasteiger partial charge in [0, 0.05) is 18.9 Å². The fourth-order valence-corrected chi connectivity index (χ4v) is 3.40. The van der Waals surface area contributed by atoms with Gasteiger partial charge < -0.3 is 9.47 Å². The summed E-state index contributed by atoms with van der Waals surface area (Å²) in [7, 11) is 3.30. The van der Waals surface area contributed by atoms with E-state index >= 15 is 0 Å². The second-order valence-electron chi connectivity index (χ2n) is 6.60. The van der Waals surface area contributed by atoms with Gasteiger partial charge in [0.05, 0.1) is 19.8 Å². The number of hydrogen-bond donors (Lipinski definition) is 0. The number of nitrogens with zero attached hydrogens (tertiary/aromatic N) is 3. The molecule has 3 aromatic rings. The van der Waals surface area contributed by atoms with Crippen molar-refractivity contribution in [1.29, 1.82) is 0 Å². The molecule has 0 bridgehead atoms. The first-order valence-corrected chi connectivity index (χ1v) is 9.03. The van der Waals surface area contributed by atoms with Crippen molar-refractivity contribution < 1.29 is 9.47 Å². The molecule has 0 N–H and O–H groups in total. The van der Waals surface area contributed by atoms with Gasteiger partial charge in [0.2, 0.25) is 0 Å². The Bertz CT molecular complexity index is 1030. The lowest BCUT2D eigenvalue weighted by molar-refractivity contribution is 0.153. The van der Waals surface area contributed by atoms with Gasteiger partial charge in [-0.25, -0.2) is 9.97 Å². The van der Waals surface area contributed by atoms with E-state index in [9.17, 15) is 4.79 Å². The number of aromatic nitrogens is 3. The molecule has 0 fully saturated rings. The fourth-order valence-electron chi connectivity index (χ4n) is 3.40. The van der Waals surface area contributed by atoms with Crippen molar-refractivity contribution in [2.24, 2.45) is 0 Å². The summed E-state index contributed by atoms with van der Waals surface area (Å²) >= 11 is 0. The Labute approximate surface area is 158 Å². The van der Waals surface area contributed by atoms with E-state index in [0.717, 1.165) is 34.4 Å². The van der Waals surface area contributed by atoms with Gasteiger partial charge in [-0.2, -0.15) is 0 Å². The van der Waals surface area contributed by atoms with Crippen molar-refractivity contribution in [2.45, 2.75) is 33.2 Å². The van der Waals surface area contributed by atoms with Crippen LogP contribution in [-0.2, 0) is 4.74 Å². The molecule has 3 rings (SSSR count). The number of benzene rings is 1. The quantitative estimate of drug-likeness (QED) is 0.665. The lowest BCUT2D eigenvalue weighted by Gasteiger charge is -2.20. The summed E-state index contributed by atoms with van der Waals surface area (Å²) in [6, 6.07) is 7.78. The molecule has 2 heterocycles. The Balaban J connectivity index is 2.32. The van der Waals surface area contributed by atoms with Gasteiger partial charge in [-0.05, 0) is 49.6 Å². The maximum atomic E-state index is 12.8. The van der Waals surface area contributed by atoms with Gasteiger partial charge in [-0.3, -0.25) is 9.36 Å². The molecule has 0 aliphatic carbocycles. The van der Waals surface area contributed by atoms with Gasteiger partial charge in [0.1, 0.15) is 17.0 Å². The minimum Gasteiger partial charge on any atom is -0.497 e. The molecule has 1 atom stereocenters. The molecule has 142 valence electrons. The highest BCUT2D eigenvalue weighted by molar-refractivity contribution is 5.90. The van der Waals surface area contributed by atoms with Crippen LogP contribution in [0.2, 0.25) is 0 Å². The van der Waals surface area contributed by atoms with E-state index in [-0.39, 0.29) is 11.6 Å². The maximum Gasteiger partial charge on any atom is 0.273 e. The standard InChI is InChI=1S/C21H25N3O3/c1-6-15(12-26-4)24-20-19(23-14(3)21(24)25)18(9-10-22-20)17-8-7-16(27-5)11-13(17)2/h7-11,15H,6,12H2,1-5H3. The normalized spacial score (nSPS) is 12.3. The molecule has 0 aliphatic rings. The van der Waals surface area contributed by atoms with Crippen molar-refractivity contribution in [1.82, 2.24) is 14.5 Å². The third-order valence-corrected chi connectivity index (χ3v) is 4.86. The van der Waals surface area contributed by atoms with Crippen LogP contribution >= 0.6 is 0 Å². The first-order valence-electron chi connectivity index (χ1n) is 9.03. The predicted molar refractivity (Wildman–Crippen MR) is 106 cm³/mol. The van der Waals surface area contributed by atoms with E-state index in [1.165, 1.54) is 0 Å². The smallest absolute Gasteiger partial charge is 0.273 e. The molecular weight excluding hydrogens is 342 g/mol. The molecule has 0 aliphatic heterocycles. The van der Waals surface area contributed by atoms with E-state index in [2.05, 4.69) is 9.97 Å². The fraction of sp³-hybridized carbons (Fsp3) is 0.381. The van der Waals surface area contributed by atoms with Gasteiger partial charge >= 0.3 is 0 Å². The molecule has 0 spiro atoms. The Morgan fingerprint density at radius 3 is 2.56 bits per heavy atom. The molecule has 2 aromatic heterocycles. The summed E-state index contributed by atoms with van der Waals surface area (Å²) < 4.78 is 12.4. The van der Waals surface area contributed by atoms with Gasteiger partial charge in [0.15, 0.2) is 5.65 Å². The highest BCUT2D eigenvalue weighted by Crippen LogP contribution is 2.31. The maximum absolute atomic E-state index is 12.8. The molecule has 6 nitrogen and oxygen atoms in total. The van der Waals surface area contributed by atoms with Crippen LogP contribution in [-0.4, -0.2) is 35.4 Å². The van der Waals surface area contributed by atoms with Crippen LogP contribution in [0.1, 0.15) is 30.6 Å². The summed E-state index contributed by atoms with van der Waals surface area (Å²) in [5.41, 5.74) is 4.70. The number of methoxy groups -OCH3 is 2. The van der Waals surface area contributed by atoms with Crippen LogP contribution in [0.5, 0.6) is 5.75 Å². The summed E-state index contributed by atoms with van der Waals surface area (Å²) in [6.45, 7) is 6.26. The molecule has 6 heteroatoms. The zero-order valence-corrected chi connectivity index (χ0v) is 16.4. The third-order valence-electron chi connectivity index (χ3n) is 4.86. The van der Waals surface area contributed by atoms with Crippen LogP contribution in [0.4, 0.5) is 0 Å². The summed E-state index contributed by atoms with van der Waals surface area (Å²) in [6.07, 6.45) is 2.49. The van der Waals surface area contributed by atoms with E-state index in [4.69, 9.17) is 9.47 Å². The molecule has 1 aromatic carbocycles. The molecule has 27 heavy (non-hydrogen) atoms. The number of rotatable bonds is 6. The second kappa shape index (κ2) is 7.88. The van der Waals surface area contributed by atoms with E-state index in [0.29, 0.717) is 17.9 Å². The highest BCUT2D eigenvalue weighted by atomic mass is 16.5. The van der Waals surface area contributed by atoms with Gasteiger partial charge in [-0.1, -0.05) is 13.0 Å². The SMILES string of the molecule is CCC(COC)n1c(=O)c(C)nc2c(-c3ccc(OC)cc3C)ccnc21. The average molecular weight is 367 g/mol.